The number of nitrogens with one attached hydrogen (secondary N) is 1. The molecule has 1 aliphatic heterocycles. The van der Waals surface area contributed by atoms with Crippen molar-refractivity contribution in [2.24, 2.45) is 5.73 Å². The largest absolute Gasteiger partial charge is 0.454 e. The normalized spacial score (nSPS) is 12.6. The Labute approximate surface area is 93.5 Å². The van der Waals surface area contributed by atoms with E-state index in [0.717, 1.165) is 6.42 Å². The minimum Gasteiger partial charge on any atom is -0.454 e. The van der Waals surface area contributed by atoms with Crippen molar-refractivity contribution in [3.63, 3.8) is 0 Å². The number of amides is 1. The van der Waals surface area contributed by atoms with Gasteiger partial charge in [0.1, 0.15) is 0 Å². The van der Waals surface area contributed by atoms with Crippen LogP contribution >= 0.6 is 0 Å². The van der Waals surface area contributed by atoms with E-state index in [-0.39, 0.29) is 12.7 Å². The quantitative estimate of drug-likeness (QED) is 0.727. The number of carbonyl (C=O) groups excluding carboxylic acids is 1. The molecular formula is C11H14N2O3. The van der Waals surface area contributed by atoms with E-state index in [4.69, 9.17) is 15.2 Å². The van der Waals surface area contributed by atoms with Crippen molar-refractivity contribution in [3.8, 4) is 11.5 Å². The summed E-state index contributed by atoms with van der Waals surface area (Å²) in [4.78, 5) is 11.7. The maximum absolute atomic E-state index is 11.7. The van der Waals surface area contributed by atoms with Gasteiger partial charge in [0.2, 0.25) is 6.79 Å². The first kappa shape index (κ1) is 10.8. The molecule has 0 atom stereocenters. The highest BCUT2D eigenvalue weighted by Crippen LogP contribution is 2.32. The number of ether oxygens (including phenoxy) is 2. The first-order valence-corrected chi connectivity index (χ1v) is 5.19. The summed E-state index contributed by atoms with van der Waals surface area (Å²) in [6, 6.07) is 5.13. The van der Waals surface area contributed by atoms with Crippen molar-refractivity contribution >= 4 is 5.91 Å². The Kier molecular flexibility index (Phi) is 3.26. The van der Waals surface area contributed by atoms with Crippen LogP contribution in [0.15, 0.2) is 18.2 Å². The fraction of sp³-hybridized carbons (Fsp3) is 0.364. The van der Waals surface area contributed by atoms with Crippen molar-refractivity contribution in [2.45, 2.75) is 6.42 Å². The molecule has 86 valence electrons. The van der Waals surface area contributed by atoms with Crippen molar-refractivity contribution in [1.82, 2.24) is 5.32 Å². The number of benzene rings is 1. The van der Waals surface area contributed by atoms with Crippen LogP contribution in [-0.2, 0) is 0 Å². The minimum absolute atomic E-state index is 0.119. The van der Waals surface area contributed by atoms with Gasteiger partial charge in [-0.05, 0) is 31.2 Å². The summed E-state index contributed by atoms with van der Waals surface area (Å²) in [5, 5.41) is 2.78. The summed E-state index contributed by atoms with van der Waals surface area (Å²) in [7, 11) is 0. The van der Waals surface area contributed by atoms with E-state index in [1.807, 2.05) is 0 Å². The first-order valence-electron chi connectivity index (χ1n) is 5.19. The van der Waals surface area contributed by atoms with Gasteiger partial charge in [-0.2, -0.15) is 0 Å². The Morgan fingerprint density at radius 1 is 1.38 bits per heavy atom. The van der Waals surface area contributed by atoms with Gasteiger partial charge in [-0.25, -0.2) is 0 Å². The summed E-state index contributed by atoms with van der Waals surface area (Å²) in [6.07, 6.45) is 0.774. The third-order valence-electron chi connectivity index (χ3n) is 2.30. The van der Waals surface area contributed by atoms with E-state index >= 15 is 0 Å². The van der Waals surface area contributed by atoms with Crippen LogP contribution in [0.2, 0.25) is 0 Å². The summed E-state index contributed by atoms with van der Waals surface area (Å²) < 4.78 is 10.4. The molecule has 3 N–H and O–H groups in total. The van der Waals surface area contributed by atoms with Crippen LogP contribution in [0.3, 0.4) is 0 Å². The molecule has 5 nitrogen and oxygen atoms in total. The second kappa shape index (κ2) is 4.85. The maximum Gasteiger partial charge on any atom is 0.251 e. The molecule has 0 aromatic heterocycles. The molecule has 1 aromatic rings. The predicted molar refractivity (Wildman–Crippen MR) is 58.6 cm³/mol. The molecule has 0 saturated heterocycles. The molecule has 0 unspecified atom stereocenters. The van der Waals surface area contributed by atoms with Gasteiger partial charge in [0.15, 0.2) is 11.5 Å². The SMILES string of the molecule is NCCCNC(=O)c1ccc2c(c1)OCO2. The lowest BCUT2D eigenvalue weighted by Gasteiger charge is -2.04. The molecule has 0 saturated carbocycles. The Morgan fingerprint density at radius 3 is 3.00 bits per heavy atom. The molecule has 1 aromatic carbocycles. The second-order valence-corrected chi connectivity index (χ2v) is 3.47. The third-order valence-corrected chi connectivity index (χ3v) is 2.30. The van der Waals surface area contributed by atoms with Gasteiger partial charge in [0.25, 0.3) is 5.91 Å². The zero-order valence-corrected chi connectivity index (χ0v) is 8.86. The van der Waals surface area contributed by atoms with E-state index in [0.29, 0.717) is 30.2 Å². The molecule has 2 rings (SSSR count). The van der Waals surface area contributed by atoms with E-state index < -0.39 is 0 Å². The number of rotatable bonds is 4. The monoisotopic (exact) mass is 222 g/mol. The van der Waals surface area contributed by atoms with Crippen LogP contribution in [0.25, 0.3) is 0 Å². The van der Waals surface area contributed by atoms with Crippen LogP contribution < -0.4 is 20.5 Å². The topological polar surface area (TPSA) is 73.6 Å². The lowest BCUT2D eigenvalue weighted by molar-refractivity contribution is 0.0953. The van der Waals surface area contributed by atoms with E-state index in [9.17, 15) is 4.79 Å². The van der Waals surface area contributed by atoms with Crippen LogP contribution in [0, 0.1) is 0 Å². The fourth-order valence-electron chi connectivity index (χ4n) is 1.44. The van der Waals surface area contributed by atoms with E-state index in [2.05, 4.69) is 5.32 Å². The fourth-order valence-corrected chi connectivity index (χ4v) is 1.44. The molecule has 1 amide bonds. The highest BCUT2D eigenvalue weighted by molar-refractivity contribution is 5.94. The van der Waals surface area contributed by atoms with E-state index in [1.54, 1.807) is 18.2 Å². The molecule has 0 bridgehead atoms. The van der Waals surface area contributed by atoms with Crippen molar-refractivity contribution in [2.75, 3.05) is 19.9 Å². The summed E-state index contributed by atoms with van der Waals surface area (Å²) in [5.74, 6) is 1.18. The van der Waals surface area contributed by atoms with Crippen molar-refractivity contribution in [1.29, 1.82) is 0 Å². The Hall–Kier alpha value is -1.75. The number of carbonyl (C=O) groups is 1. The standard InChI is InChI=1S/C11H14N2O3/c12-4-1-5-13-11(14)8-2-3-9-10(6-8)16-7-15-9/h2-3,6H,1,4-5,7,12H2,(H,13,14). The van der Waals surface area contributed by atoms with Crippen LogP contribution in [0.1, 0.15) is 16.8 Å². The lowest BCUT2D eigenvalue weighted by Crippen LogP contribution is -2.25. The highest BCUT2D eigenvalue weighted by Gasteiger charge is 2.15. The second-order valence-electron chi connectivity index (χ2n) is 3.47. The molecule has 1 aliphatic rings. The smallest absolute Gasteiger partial charge is 0.251 e. The van der Waals surface area contributed by atoms with Crippen LogP contribution in [0.4, 0.5) is 0 Å². The highest BCUT2D eigenvalue weighted by atomic mass is 16.7. The zero-order chi connectivity index (χ0) is 11.4. The molecular weight excluding hydrogens is 208 g/mol. The number of hydrogen-bond donors (Lipinski definition) is 2. The molecule has 0 spiro atoms. The molecule has 1 heterocycles. The summed E-state index contributed by atoms with van der Waals surface area (Å²) in [5.41, 5.74) is 5.91. The summed E-state index contributed by atoms with van der Waals surface area (Å²) in [6.45, 7) is 1.37. The third kappa shape index (κ3) is 2.25. The number of fused-ring (bicyclic) bond motifs is 1. The molecule has 16 heavy (non-hydrogen) atoms. The minimum atomic E-state index is -0.119. The van der Waals surface area contributed by atoms with Gasteiger partial charge in [-0.3, -0.25) is 4.79 Å². The molecule has 0 fully saturated rings. The van der Waals surface area contributed by atoms with E-state index in [1.165, 1.54) is 0 Å². The van der Waals surface area contributed by atoms with Gasteiger partial charge < -0.3 is 20.5 Å². The maximum atomic E-state index is 11.7. The number of hydrogen-bond acceptors (Lipinski definition) is 4. The van der Waals surface area contributed by atoms with Crippen molar-refractivity contribution in [3.05, 3.63) is 23.8 Å². The predicted octanol–water partition coefficient (Wildman–Crippen LogP) is 0.494. The Balaban J connectivity index is 2.01. The average molecular weight is 222 g/mol. The van der Waals surface area contributed by atoms with Crippen LogP contribution in [0.5, 0.6) is 11.5 Å². The van der Waals surface area contributed by atoms with Gasteiger partial charge in [0, 0.05) is 12.1 Å². The van der Waals surface area contributed by atoms with Crippen molar-refractivity contribution < 1.29 is 14.3 Å². The first-order chi connectivity index (χ1) is 7.81. The van der Waals surface area contributed by atoms with Gasteiger partial charge in [0.05, 0.1) is 0 Å². The molecule has 0 radical (unpaired) electrons. The molecule has 5 heteroatoms. The zero-order valence-electron chi connectivity index (χ0n) is 8.86. The Bertz CT molecular complexity index is 393. The Morgan fingerprint density at radius 2 is 2.19 bits per heavy atom. The average Bonchev–Trinajstić information content (AvgIpc) is 2.76. The summed E-state index contributed by atoms with van der Waals surface area (Å²) >= 11 is 0. The lowest BCUT2D eigenvalue weighted by atomic mass is 10.2. The van der Waals surface area contributed by atoms with Gasteiger partial charge >= 0.3 is 0 Å². The number of nitrogens with two attached hydrogens (primary N) is 1. The van der Waals surface area contributed by atoms with Gasteiger partial charge in [-0.1, -0.05) is 0 Å². The van der Waals surface area contributed by atoms with Crippen LogP contribution in [-0.4, -0.2) is 25.8 Å². The molecule has 0 aliphatic carbocycles. The van der Waals surface area contributed by atoms with Gasteiger partial charge in [-0.15, -0.1) is 0 Å².